The van der Waals surface area contributed by atoms with Crippen molar-refractivity contribution in [3.63, 3.8) is 0 Å². The van der Waals surface area contributed by atoms with Gasteiger partial charge in [-0.05, 0) is 17.7 Å². The normalized spacial score (nSPS) is 18.3. The lowest BCUT2D eigenvalue weighted by atomic mass is 10.1. The van der Waals surface area contributed by atoms with Crippen LogP contribution in [0.3, 0.4) is 0 Å². The highest BCUT2D eigenvalue weighted by Crippen LogP contribution is 2.24. The molecule has 2 rings (SSSR count). The lowest BCUT2D eigenvalue weighted by Crippen LogP contribution is -2.50. The van der Waals surface area contributed by atoms with Gasteiger partial charge in [-0.15, -0.1) is 13.2 Å². The summed E-state index contributed by atoms with van der Waals surface area (Å²) in [5.41, 5.74) is 0.349. The highest BCUT2D eigenvalue weighted by Gasteiger charge is 2.32. The molecule has 0 aliphatic carbocycles. The van der Waals surface area contributed by atoms with Crippen molar-refractivity contribution in [2.75, 3.05) is 19.8 Å². The van der Waals surface area contributed by atoms with E-state index in [1.165, 1.54) is 17.0 Å². The first-order valence-corrected chi connectivity index (χ1v) is 7.18. The molecular weight excluding hydrogens is 331 g/mol. The van der Waals surface area contributed by atoms with Crippen molar-refractivity contribution >= 4 is 11.9 Å². The van der Waals surface area contributed by atoms with E-state index in [2.05, 4.69) is 4.74 Å². The summed E-state index contributed by atoms with van der Waals surface area (Å²) in [5, 5.41) is 8.88. The summed E-state index contributed by atoms with van der Waals surface area (Å²) in [6, 6.07) is 4.56. The maximum absolute atomic E-state index is 12.4. The molecule has 0 saturated carbocycles. The molecule has 0 aromatic heterocycles. The van der Waals surface area contributed by atoms with Gasteiger partial charge in [0.1, 0.15) is 5.75 Å². The number of carboxylic acids is 1. The van der Waals surface area contributed by atoms with Crippen molar-refractivity contribution in [2.45, 2.75) is 25.2 Å². The maximum atomic E-state index is 12.4. The van der Waals surface area contributed by atoms with E-state index in [4.69, 9.17) is 9.84 Å². The predicted octanol–water partition coefficient (Wildman–Crippen LogP) is 1.83. The van der Waals surface area contributed by atoms with E-state index >= 15 is 0 Å². The highest BCUT2D eigenvalue weighted by atomic mass is 19.4. The van der Waals surface area contributed by atoms with Crippen LogP contribution in [0.1, 0.15) is 12.0 Å². The minimum Gasteiger partial charge on any atom is -0.481 e. The molecule has 0 radical (unpaired) electrons. The van der Waals surface area contributed by atoms with Gasteiger partial charge in [-0.3, -0.25) is 9.59 Å². The number of carbonyl (C=O) groups excluding carboxylic acids is 1. The van der Waals surface area contributed by atoms with Crippen LogP contribution < -0.4 is 4.74 Å². The van der Waals surface area contributed by atoms with Gasteiger partial charge in [0.2, 0.25) is 5.91 Å². The third kappa shape index (κ3) is 5.41. The Hall–Kier alpha value is -2.29. The molecule has 1 amide bonds. The Kier molecular flexibility index (Phi) is 5.66. The van der Waals surface area contributed by atoms with Crippen LogP contribution in [0, 0.1) is 0 Å². The predicted molar refractivity (Wildman–Crippen MR) is 75.4 cm³/mol. The van der Waals surface area contributed by atoms with E-state index in [1.54, 1.807) is 0 Å². The number of benzene rings is 1. The number of ether oxygens (including phenoxy) is 2. The number of aliphatic carboxylic acids is 1. The molecule has 0 bridgehead atoms. The van der Waals surface area contributed by atoms with Gasteiger partial charge in [-0.25, -0.2) is 0 Å². The summed E-state index contributed by atoms with van der Waals surface area (Å²) in [6.07, 6.45) is -5.20. The summed E-state index contributed by atoms with van der Waals surface area (Å²) < 4.78 is 45.7. The Morgan fingerprint density at radius 1 is 1.38 bits per heavy atom. The molecule has 1 aromatic rings. The van der Waals surface area contributed by atoms with Gasteiger partial charge in [-0.1, -0.05) is 12.1 Å². The summed E-state index contributed by atoms with van der Waals surface area (Å²) in [4.78, 5) is 24.6. The quantitative estimate of drug-likeness (QED) is 0.879. The number of nitrogens with zero attached hydrogens (tertiary/aromatic N) is 1. The fraction of sp³-hybridized carbons (Fsp3) is 0.467. The summed E-state index contributed by atoms with van der Waals surface area (Å²) >= 11 is 0. The zero-order valence-corrected chi connectivity index (χ0v) is 12.6. The Morgan fingerprint density at radius 2 is 2.12 bits per heavy atom. The number of alkyl halides is 3. The van der Waals surface area contributed by atoms with Gasteiger partial charge in [0.25, 0.3) is 0 Å². The second-order valence-electron chi connectivity index (χ2n) is 5.29. The first-order chi connectivity index (χ1) is 11.2. The number of rotatable bonds is 5. The van der Waals surface area contributed by atoms with E-state index in [0.717, 1.165) is 12.1 Å². The van der Waals surface area contributed by atoms with E-state index in [0.29, 0.717) is 12.2 Å². The molecule has 132 valence electrons. The van der Waals surface area contributed by atoms with Crippen LogP contribution in [0.15, 0.2) is 24.3 Å². The first kappa shape index (κ1) is 18.1. The molecule has 1 saturated heterocycles. The maximum Gasteiger partial charge on any atom is 0.573 e. The summed E-state index contributed by atoms with van der Waals surface area (Å²) in [6.45, 7) is 0.657. The zero-order valence-electron chi connectivity index (χ0n) is 12.6. The lowest BCUT2D eigenvalue weighted by Gasteiger charge is -2.35. The Bertz CT molecular complexity index is 605. The largest absolute Gasteiger partial charge is 0.573 e. The zero-order chi connectivity index (χ0) is 17.7. The van der Waals surface area contributed by atoms with Gasteiger partial charge in [0, 0.05) is 6.54 Å². The number of hydrogen-bond donors (Lipinski definition) is 1. The third-order valence-electron chi connectivity index (χ3n) is 3.45. The van der Waals surface area contributed by atoms with Crippen LogP contribution in [0.5, 0.6) is 5.75 Å². The van der Waals surface area contributed by atoms with Gasteiger partial charge >= 0.3 is 12.3 Å². The molecule has 1 unspecified atom stereocenters. The minimum absolute atomic E-state index is 0.120. The van der Waals surface area contributed by atoms with Gasteiger partial charge in [0.05, 0.1) is 32.1 Å². The topological polar surface area (TPSA) is 76.1 Å². The van der Waals surface area contributed by atoms with Crippen molar-refractivity contribution < 1.29 is 37.3 Å². The van der Waals surface area contributed by atoms with Crippen molar-refractivity contribution in [2.24, 2.45) is 0 Å². The highest BCUT2D eigenvalue weighted by molar-refractivity contribution is 5.80. The molecule has 1 aliphatic rings. The van der Waals surface area contributed by atoms with Crippen molar-refractivity contribution in [1.29, 1.82) is 0 Å². The number of carbonyl (C=O) groups is 2. The monoisotopic (exact) mass is 347 g/mol. The second-order valence-corrected chi connectivity index (χ2v) is 5.29. The molecule has 1 atom stereocenters. The van der Waals surface area contributed by atoms with Crippen molar-refractivity contribution in [3.05, 3.63) is 29.8 Å². The number of carboxylic acid groups (broad SMARTS) is 1. The molecule has 1 heterocycles. The van der Waals surface area contributed by atoms with Gasteiger partial charge < -0.3 is 19.5 Å². The van der Waals surface area contributed by atoms with Crippen LogP contribution in [0.2, 0.25) is 0 Å². The van der Waals surface area contributed by atoms with Crippen molar-refractivity contribution in [1.82, 2.24) is 4.90 Å². The Morgan fingerprint density at radius 3 is 2.79 bits per heavy atom. The Balaban J connectivity index is 2.05. The average Bonchev–Trinajstić information content (AvgIpc) is 2.45. The number of morpholine rings is 1. The SMILES string of the molecule is O=C(O)CC1COCCN1C(=O)Cc1cccc(OC(F)(F)F)c1. The number of hydrogen-bond acceptors (Lipinski definition) is 4. The average molecular weight is 347 g/mol. The molecule has 1 N–H and O–H groups in total. The molecule has 6 nitrogen and oxygen atoms in total. The van der Waals surface area contributed by atoms with Gasteiger partial charge in [-0.2, -0.15) is 0 Å². The van der Waals surface area contributed by atoms with Crippen molar-refractivity contribution in [3.8, 4) is 5.75 Å². The van der Waals surface area contributed by atoms with Crippen LogP contribution in [-0.2, 0) is 20.7 Å². The molecule has 0 spiro atoms. The molecule has 1 aromatic carbocycles. The second kappa shape index (κ2) is 7.52. The van der Waals surface area contributed by atoms with Crippen LogP contribution in [0.25, 0.3) is 0 Å². The lowest BCUT2D eigenvalue weighted by molar-refractivity contribution is -0.274. The molecule has 9 heteroatoms. The van der Waals surface area contributed by atoms with Crippen LogP contribution in [-0.4, -0.2) is 54.0 Å². The molecule has 24 heavy (non-hydrogen) atoms. The standard InChI is InChI=1S/C15H16F3NO5/c16-15(17,18)24-12-3-1-2-10(6-12)7-13(20)19-4-5-23-9-11(19)8-14(21)22/h1-3,6,11H,4-5,7-9H2,(H,21,22). The fourth-order valence-electron chi connectivity index (χ4n) is 2.48. The smallest absolute Gasteiger partial charge is 0.481 e. The summed E-state index contributed by atoms with van der Waals surface area (Å²) in [7, 11) is 0. The van der Waals surface area contributed by atoms with E-state index < -0.39 is 24.1 Å². The van der Waals surface area contributed by atoms with E-state index in [-0.39, 0.29) is 31.9 Å². The Labute approximate surface area is 135 Å². The van der Waals surface area contributed by atoms with E-state index in [1.807, 2.05) is 0 Å². The fourth-order valence-corrected chi connectivity index (χ4v) is 2.48. The number of amides is 1. The van der Waals surface area contributed by atoms with E-state index in [9.17, 15) is 22.8 Å². The summed E-state index contributed by atoms with van der Waals surface area (Å²) in [5.74, 6) is -1.82. The first-order valence-electron chi connectivity index (χ1n) is 7.18. The van der Waals surface area contributed by atoms with Gasteiger partial charge in [0.15, 0.2) is 0 Å². The van der Waals surface area contributed by atoms with Crippen LogP contribution >= 0.6 is 0 Å². The molecule has 1 aliphatic heterocycles. The molecular formula is C15H16F3NO5. The number of halogens is 3. The van der Waals surface area contributed by atoms with Crippen LogP contribution in [0.4, 0.5) is 13.2 Å². The molecule has 1 fully saturated rings. The third-order valence-corrected chi connectivity index (χ3v) is 3.45. The minimum atomic E-state index is -4.81.